The minimum absolute atomic E-state index is 0.207. The van der Waals surface area contributed by atoms with Gasteiger partial charge in [-0.3, -0.25) is 4.79 Å². The number of rotatable bonds is 2. The van der Waals surface area contributed by atoms with Gasteiger partial charge in [0, 0.05) is 20.1 Å². The molecule has 1 saturated carbocycles. The molecule has 2 aliphatic heterocycles. The van der Waals surface area contributed by atoms with Crippen molar-refractivity contribution in [2.45, 2.75) is 49.5 Å². The molecule has 3 fully saturated rings. The Kier molecular flexibility index (Phi) is 2.86. The standard InChI is InChI=1S/C13H20FNO3/c1-17-10-3-6-18-12(7-10)8-15(9-12)11(16)13(14)4-2-5-13/h10H,2-9H2,1H3/t10-/m1/s1. The number of ether oxygens (including phenoxy) is 2. The van der Waals surface area contributed by atoms with Crippen LogP contribution in [0.2, 0.25) is 0 Å². The molecule has 5 heteroatoms. The van der Waals surface area contributed by atoms with Gasteiger partial charge in [0.25, 0.3) is 5.91 Å². The van der Waals surface area contributed by atoms with E-state index in [4.69, 9.17) is 9.47 Å². The first kappa shape index (κ1) is 12.4. The summed E-state index contributed by atoms with van der Waals surface area (Å²) in [6.45, 7) is 1.72. The number of alkyl halides is 1. The van der Waals surface area contributed by atoms with Gasteiger partial charge in [0.1, 0.15) is 5.60 Å². The van der Waals surface area contributed by atoms with E-state index in [1.54, 1.807) is 12.0 Å². The topological polar surface area (TPSA) is 38.8 Å². The minimum Gasteiger partial charge on any atom is -0.381 e. The summed E-state index contributed by atoms with van der Waals surface area (Å²) in [5.41, 5.74) is -1.84. The SMILES string of the molecule is CO[C@@H]1CCOC2(C1)CN(C(=O)C1(F)CCC1)C2. The summed E-state index contributed by atoms with van der Waals surface area (Å²) < 4.78 is 25.2. The van der Waals surface area contributed by atoms with Crippen LogP contribution in [0.4, 0.5) is 4.39 Å². The normalized spacial score (nSPS) is 32.8. The molecule has 0 bridgehead atoms. The molecule has 0 aromatic heterocycles. The second-order valence-electron chi connectivity index (χ2n) is 5.86. The van der Waals surface area contributed by atoms with Crippen molar-refractivity contribution in [1.82, 2.24) is 4.90 Å². The number of amides is 1. The first-order valence-corrected chi connectivity index (χ1v) is 6.72. The first-order chi connectivity index (χ1) is 8.57. The lowest BCUT2D eigenvalue weighted by molar-refractivity contribution is -0.206. The van der Waals surface area contributed by atoms with E-state index >= 15 is 0 Å². The van der Waals surface area contributed by atoms with Gasteiger partial charge in [-0.1, -0.05) is 0 Å². The number of carbonyl (C=O) groups excluding carboxylic acids is 1. The van der Waals surface area contributed by atoms with Crippen molar-refractivity contribution in [3.8, 4) is 0 Å². The number of halogens is 1. The Bertz CT molecular complexity index is 350. The lowest BCUT2D eigenvalue weighted by Crippen LogP contribution is -2.70. The summed E-state index contributed by atoms with van der Waals surface area (Å²) in [7, 11) is 1.70. The van der Waals surface area contributed by atoms with Crippen LogP contribution in [0, 0.1) is 0 Å². The summed E-state index contributed by atoms with van der Waals surface area (Å²) in [4.78, 5) is 13.6. The number of hydrogen-bond acceptors (Lipinski definition) is 3. The molecule has 0 aromatic carbocycles. The largest absolute Gasteiger partial charge is 0.381 e. The van der Waals surface area contributed by atoms with Gasteiger partial charge < -0.3 is 14.4 Å². The first-order valence-electron chi connectivity index (χ1n) is 6.72. The molecule has 3 rings (SSSR count). The molecule has 1 spiro atoms. The third-order valence-electron chi connectivity index (χ3n) is 4.56. The highest BCUT2D eigenvalue weighted by atomic mass is 19.1. The number of carbonyl (C=O) groups is 1. The Hall–Kier alpha value is -0.680. The highest BCUT2D eigenvalue weighted by Gasteiger charge is 2.55. The van der Waals surface area contributed by atoms with Gasteiger partial charge in [0.15, 0.2) is 5.67 Å². The molecule has 1 amide bonds. The smallest absolute Gasteiger partial charge is 0.260 e. The molecule has 0 N–H and O–H groups in total. The van der Waals surface area contributed by atoms with E-state index in [-0.39, 0.29) is 17.6 Å². The fourth-order valence-corrected chi connectivity index (χ4v) is 3.18. The van der Waals surface area contributed by atoms with E-state index in [1.807, 2.05) is 0 Å². The second-order valence-corrected chi connectivity index (χ2v) is 5.86. The fourth-order valence-electron chi connectivity index (χ4n) is 3.18. The summed E-state index contributed by atoms with van der Waals surface area (Å²) >= 11 is 0. The zero-order valence-electron chi connectivity index (χ0n) is 10.8. The van der Waals surface area contributed by atoms with Crippen LogP contribution >= 0.6 is 0 Å². The van der Waals surface area contributed by atoms with Crippen molar-refractivity contribution < 1.29 is 18.7 Å². The van der Waals surface area contributed by atoms with Crippen LogP contribution in [0.1, 0.15) is 32.1 Å². The van der Waals surface area contributed by atoms with Crippen LogP contribution in [-0.2, 0) is 14.3 Å². The van der Waals surface area contributed by atoms with Gasteiger partial charge in [-0.2, -0.15) is 0 Å². The molecule has 3 aliphatic rings. The van der Waals surface area contributed by atoms with E-state index in [0.717, 1.165) is 19.3 Å². The molecule has 1 aliphatic carbocycles. The van der Waals surface area contributed by atoms with Gasteiger partial charge in [-0.05, 0) is 25.7 Å². The number of nitrogens with zero attached hydrogens (tertiary/aromatic N) is 1. The van der Waals surface area contributed by atoms with Crippen molar-refractivity contribution in [1.29, 1.82) is 0 Å². The van der Waals surface area contributed by atoms with E-state index < -0.39 is 5.67 Å². The van der Waals surface area contributed by atoms with Gasteiger partial charge in [0.05, 0.1) is 19.2 Å². The summed E-state index contributed by atoms with van der Waals surface area (Å²) in [6, 6.07) is 0. The Morgan fingerprint density at radius 1 is 1.44 bits per heavy atom. The Morgan fingerprint density at radius 2 is 2.17 bits per heavy atom. The van der Waals surface area contributed by atoms with Crippen LogP contribution < -0.4 is 0 Å². The molecule has 18 heavy (non-hydrogen) atoms. The molecule has 1 atom stereocenters. The Morgan fingerprint density at radius 3 is 2.72 bits per heavy atom. The molecular weight excluding hydrogens is 237 g/mol. The van der Waals surface area contributed by atoms with Crippen LogP contribution in [0.5, 0.6) is 0 Å². The zero-order valence-corrected chi connectivity index (χ0v) is 10.8. The Balaban J connectivity index is 1.57. The van der Waals surface area contributed by atoms with Crippen molar-refractivity contribution in [3.05, 3.63) is 0 Å². The molecule has 4 nitrogen and oxygen atoms in total. The summed E-state index contributed by atoms with van der Waals surface area (Å²) in [5.74, 6) is -0.331. The van der Waals surface area contributed by atoms with Gasteiger partial charge in [0.2, 0.25) is 0 Å². The van der Waals surface area contributed by atoms with E-state index in [9.17, 15) is 9.18 Å². The molecule has 102 valence electrons. The maximum atomic E-state index is 14.0. The molecule has 2 saturated heterocycles. The quantitative estimate of drug-likeness (QED) is 0.748. The van der Waals surface area contributed by atoms with Crippen molar-refractivity contribution >= 4 is 5.91 Å². The maximum Gasteiger partial charge on any atom is 0.260 e. The van der Waals surface area contributed by atoms with Crippen molar-refractivity contribution in [3.63, 3.8) is 0 Å². The monoisotopic (exact) mass is 257 g/mol. The Labute approximate surface area is 106 Å². The van der Waals surface area contributed by atoms with Crippen LogP contribution in [0.3, 0.4) is 0 Å². The zero-order chi connectivity index (χ0) is 12.8. The predicted molar refractivity (Wildman–Crippen MR) is 63.0 cm³/mol. The molecule has 0 aromatic rings. The fraction of sp³-hybridized carbons (Fsp3) is 0.923. The maximum absolute atomic E-state index is 14.0. The second kappa shape index (κ2) is 4.17. The summed E-state index contributed by atoms with van der Waals surface area (Å²) in [6.07, 6.45) is 3.52. The van der Waals surface area contributed by atoms with Gasteiger partial charge in [-0.25, -0.2) is 4.39 Å². The van der Waals surface area contributed by atoms with E-state index in [2.05, 4.69) is 0 Å². The average molecular weight is 257 g/mol. The molecular formula is C13H20FNO3. The van der Waals surface area contributed by atoms with E-state index in [0.29, 0.717) is 32.5 Å². The lowest BCUT2D eigenvalue weighted by atomic mass is 9.78. The van der Waals surface area contributed by atoms with Crippen molar-refractivity contribution in [2.24, 2.45) is 0 Å². The van der Waals surface area contributed by atoms with Crippen LogP contribution in [0.25, 0.3) is 0 Å². The number of hydrogen-bond donors (Lipinski definition) is 0. The highest BCUT2D eigenvalue weighted by Crippen LogP contribution is 2.42. The van der Waals surface area contributed by atoms with Gasteiger partial charge in [-0.15, -0.1) is 0 Å². The lowest BCUT2D eigenvalue weighted by Gasteiger charge is -2.54. The van der Waals surface area contributed by atoms with Crippen LogP contribution in [-0.4, -0.2) is 55.0 Å². The third-order valence-corrected chi connectivity index (χ3v) is 4.56. The molecule has 0 unspecified atom stereocenters. The van der Waals surface area contributed by atoms with E-state index in [1.165, 1.54) is 0 Å². The van der Waals surface area contributed by atoms with Crippen LogP contribution in [0.15, 0.2) is 0 Å². The minimum atomic E-state index is -1.57. The summed E-state index contributed by atoms with van der Waals surface area (Å²) in [5, 5.41) is 0. The predicted octanol–water partition coefficient (Wildman–Crippen LogP) is 1.28. The average Bonchev–Trinajstić information content (AvgIpc) is 2.32. The third kappa shape index (κ3) is 1.84. The number of methoxy groups -OCH3 is 1. The molecule has 0 radical (unpaired) electrons. The van der Waals surface area contributed by atoms with Crippen molar-refractivity contribution in [2.75, 3.05) is 26.8 Å². The van der Waals surface area contributed by atoms with Gasteiger partial charge >= 0.3 is 0 Å². The number of likely N-dealkylation sites (tertiary alicyclic amines) is 1. The highest BCUT2D eigenvalue weighted by molar-refractivity contribution is 5.87. The molecule has 2 heterocycles.